The number of benzene rings is 4. The minimum absolute atomic E-state index is 0.0945. The maximum Gasteiger partial charge on any atom is 0.0998 e. The number of nitriles is 2. The standard InChI is InChI=1S/C44H32N4/c45-27-29-11-7-14-32(25-29)47-41-23-5-3-17-35(41)37-19-9-21-39(43(37)47)40-22-10-20-38-36-18-4-6-24-42(36)48(44(38)40)33-15-8-13-30(26-33)34-16-2-1-12-31(34)28-46/h1-13,15-21,23-26,32,35,40-41H,14,22H2. The normalized spacial score (nSPS) is 21.7. The Morgan fingerprint density at radius 1 is 0.729 bits per heavy atom. The van der Waals surface area contributed by atoms with Gasteiger partial charge < -0.3 is 9.47 Å². The molecule has 0 N–H and O–H groups in total. The van der Waals surface area contributed by atoms with Crippen molar-refractivity contribution in [1.82, 2.24) is 4.57 Å². The minimum atomic E-state index is 0.0945. The number of allylic oxidation sites excluding steroid dienone is 5. The second-order valence-corrected chi connectivity index (χ2v) is 13.0. The van der Waals surface area contributed by atoms with E-state index in [4.69, 9.17) is 0 Å². The van der Waals surface area contributed by atoms with E-state index in [0.717, 1.165) is 35.2 Å². The highest BCUT2D eigenvalue weighted by molar-refractivity contribution is 5.94. The molecule has 4 nitrogen and oxygen atoms in total. The third kappa shape index (κ3) is 4.27. The van der Waals surface area contributed by atoms with Gasteiger partial charge in [-0.1, -0.05) is 109 Å². The first-order chi connectivity index (χ1) is 23.7. The number of fused-ring (bicyclic) bond motifs is 6. The van der Waals surface area contributed by atoms with Crippen LogP contribution in [0, 0.1) is 22.7 Å². The topological polar surface area (TPSA) is 55.8 Å². The highest BCUT2D eigenvalue weighted by atomic mass is 15.2. The maximum absolute atomic E-state index is 9.89. The first kappa shape index (κ1) is 28.1. The molecule has 0 amide bonds. The van der Waals surface area contributed by atoms with Crippen LogP contribution in [0.2, 0.25) is 0 Å². The molecule has 48 heavy (non-hydrogen) atoms. The molecule has 228 valence electrons. The van der Waals surface area contributed by atoms with Gasteiger partial charge in [0.2, 0.25) is 0 Å². The highest BCUT2D eigenvalue weighted by Crippen LogP contribution is 2.52. The lowest BCUT2D eigenvalue weighted by molar-refractivity contribution is 0.609. The zero-order valence-electron chi connectivity index (χ0n) is 26.4. The fourth-order valence-corrected chi connectivity index (χ4v) is 8.48. The van der Waals surface area contributed by atoms with Gasteiger partial charge in [0.25, 0.3) is 0 Å². The zero-order valence-corrected chi connectivity index (χ0v) is 26.4. The van der Waals surface area contributed by atoms with Crippen molar-refractivity contribution in [1.29, 1.82) is 10.5 Å². The molecule has 4 aromatic carbocycles. The van der Waals surface area contributed by atoms with Crippen molar-refractivity contribution in [2.45, 2.75) is 36.8 Å². The Hall–Kier alpha value is -6.10. The van der Waals surface area contributed by atoms with Crippen LogP contribution in [0.25, 0.3) is 33.8 Å². The van der Waals surface area contributed by atoms with Crippen molar-refractivity contribution in [3.63, 3.8) is 0 Å². The quantitative estimate of drug-likeness (QED) is 0.202. The van der Waals surface area contributed by atoms with Gasteiger partial charge in [-0.2, -0.15) is 10.5 Å². The van der Waals surface area contributed by atoms with Crippen LogP contribution in [0.15, 0.2) is 145 Å². The highest BCUT2D eigenvalue weighted by Gasteiger charge is 2.42. The molecule has 0 saturated carbocycles. The number of nitrogens with zero attached hydrogens (tertiary/aromatic N) is 4. The lowest BCUT2D eigenvalue weighted by Crippen LogP contribution is -2.41. The van der Waals surface area contributed by atoms with Crippen molar-refractivity contribution in [3.05, 3.63) is 173 Å². The van der Waals surface area contributed by atoms with E-state index < -0.39 is 0 Å². The fraction of sp³-hybridized carbons (Fsp3) is 0.136. The number of rotatable bonds is 4. The summed E-state index contributed by atoms with van der Waals surface area (Å²) < 4.78 is 2.46. The van der Waals surface area contributed by atoms with Gasteiger partial charge in [-0.3, -0.25) is 0 Å². The largest absolute Gasteiger partial charge is 0.357 e. The van der Waals surface area contributed by atoms with Gasteiger partial charge in [0.15, 0.2) is 0 Å². The van der Waals surface area contributed by atoms with Gasteiger partial charge in [-0.15, -0.1) is 0 Å². The minimum Gasteiger partial charge on any atom is -0.357 e. The Morgan fingerprint density at radius 3 is 2.46 bits per heavy atom. The summed E-state index contributed by atoms with van der Waals surface area (Å²) in [5.41, 5.74) is 12.2. The Labute approximate surface area is 280 Å². The van der Waals surface area contributed by atoms with Gasteiger partial charge in [-0.25, -0.2) is 0 Å². The first-order valence-corrected chi connectivity index (χ1v) is 16.7. The average molecular weight is 617 g/mol. The maximum atomic E-state index is 9.89. The van der Waals surface area contributed by atoms with Gasteiger partial charge in [0.05, 0.1) is 35.3 Å². The van der Waals surface area contributed by atoms with E-state index in [9.17, 15) is 10.5 Å². The zero-order chi connectivity index (χ0) is 32.2. The van der Waals surface area contributed by atoms with Crippen LogP contribution in [0.3, 0.4) is 0 Å². The number of aromatic nitrogens is 1. The summed E-state index contributed by atoms with van der Waals surface area (Å²) in [6.07, 6.45) is 21.7. The van der Waals surface area contributed by atoms with Crippen LogP contribution < -0.4 is 4.90 Å². The summed E-state index contributed by atoms with van der Waals surface area (Å²) in [4.78, 5) is 2.60. The van der Waals surface area contributed by atoms with Crippen LogP contribution in [0.4, 0.5) is 5.69 Å². The summed E-state index contributed by atoms with van der Waals surface area (Å²) >= 11 is 0. The van der Waals surface area contributed by atoms with Crippen LogP contribution in [-0.2, 0) is 0 Å². The van der Waals surface area contributed by atoms with Crippen molar-refractivity contribution in [2.24, 2.45) is 0 Å². The van der Waals surface area contributed by atoms with E-state index in [1.165, 1.54) is 39.0 Å². The van der Waals surface area contributed by atoms with Gasteiger partial charge in [0.1, 0.15) is 0 Å². The Kier molecular flexibility index (Phi) is 6.63. The van der Waals surface area contributed by atoms with Gasteiger partial charge in [0, 0.05) is 45.4 Å². The van der Waals surface area contributed by atoms with Crippen LogP contribution in [-0.4, -0.2) is 16.7 Å². The molecule has 4 unspecified atom stereocenters. The lowest BCUT2D eigenvalue weighted by Gasteiger charge is -2.37. The van der Waals surface area contributed by atoms with E-state index in [0.29, 0.717) is 5.56 Å². The van der Waals surface area contributed by atoms with E-state index >= 15 is 0 Å². The number of hydrogen-bond acceptors (Lipinski definition) is 3. The molecule has 0 fully saturated rings. The molecule has 3 aliphatic carbocycles. The molecule has 4 aliphatic rings. The van der Waals surface area contributed by atoms with Crippen molar-refractivity contribution in [2.75, 3.05) is 4.90 Å². The fourth-order valence-electron chi connectivity index (χ4n) is 8.48. The second kappa shape index (κ2) is 11.3. The Morgan fingerprint density at radius 2 is 1.54 bits per heavy atom. The third-order valence-corrected chi connectivity index (χ3v) is 10.5. The van der Waals surface area contributed by atoms with Gasteiger partial charge in [-0.05, 0) is 71.5 Å². The summed E-state index contributed by atoms with van der Waals surface area (Å²) in [5, 5.41) is 21.0. The van der Waals surface area contributed by atoms with E-state index in [1.807, 2.05) is 30.3 Å². The predicted octanol–water partition coefficient (Wildman–Crippen LogP) is 9.89. The molecule has 1 aliphatic heterocycles. The van der Waals surface area contributed by atoms with Crippen molar-refractivity contribution < 1.29 is 0 Å². The molecule has 0 saturated heterocycles. The van der Waals surface area contributed by atoms with Crippen molar-refractivity contribution in [3.8, 4) is 29.0 Å². The predicted molar refractivity (Wildman–Crippen MR) is 194 cm³/mol. The molecular formula is C44H32N4. The second-order valence-electron chi connectivity index (χ2n) is 13.0. The van der Waals surface area contributed by atoms with Crippen LogP contribution in [0.1, 0.15) is 52.6 Å². The molecule has 9 rings (SSSR count). The smallest absolute Gasteiger partial charge is 0.0998 e. The lowest BCUT2D eigenvalue weighted by atomic mass is 9.83. The summed E-state index contributed by atoms with van der Waals surface area (Å²) in [6.45, 7) is 0. The Bertz CT molecular complexity index is 2370. The van der Waals surface area contributed by atoms with E-state index in [-0.39, 0.29) is 23.9 Å². The first-order valence-electron chi connectivity index (χ1n) is 16.7. The molecular weight excluding hydrogens is 585 g/mol. The monoisotopic (exact) mass is 616 g/mol. The molecule has 4 heteroatoms. The molecule has 2 heterocycles. The summed E-state index contributed by atoms with van der Waals surface area (Å²) in [7, 11) is 0. The third-order valence-electron chi connectivity index (χ3n) is 10.5. The van der Waals surface area contributed by atoms with Crippen LogP contribution in [0.5, 0.6) is 0 Å². The molecule has 0 bridgehead atoms. The van der Waals surface area contributed by atoms with Crippen LogP contribution >= 0.6 is 0 Å². The molecule has 5 aromatic rings. The molecule has 0 radical (unpaired) electrons. The number of anilines is 1. The Balaban J connectivity index is 1.26. The summed E-state index contributed by atoms with van der Waals surface area (Å²) in [6, 6.07) is 37.1. The number of para-hydroxylation sites is 2. The molecule has 4 atom stereocenters. The van der Waals surface area contributed by atoms with Crippen molar-refractivity contribution >= 4 is 22.7 Å². The average Bonchev–Trinajstić information content (AvgIpc) is 3.68. The van der Waals surface area contributed by atoms with E-state index in [2.05, 4.69) is 137 Å². The van der Waals surface area contributed by atoms with Gasteiger partial charge >= 0.3 is 0 Å². The van der Waals surface area contributed by atoms with E-state index in [1.54, 1.807) is 0 Å². The SMILES string of the molecule is N#CC1=CC(N2c3c(C4CC=Cc5c4n(-c4cccc(-c6ccccc6C#N)c4)c4ccccc54)cccc3C3C=CC=CC32)CC=C1. The number of hydrogen-bond donors (Lipinski definition) is 0. The molecule has 0 spiro atoms. The molecule has 1 aromatic heterocycles. The summed E-state index contributed by atoms with van der Waals surface area (Å²) in [5.74, 6) is 0.368.